The van der Waals surface area contributed by atoms with Crippen molar-refractivity contribution in [3.63, 3.8) is 0 Å². The van der Waals surface area contributed by atoms with E-state index in [0.717, 1.165) is 0 Å². The van der Waals surface area contributed by atoms with Crippen molar-refractivity contribution in [1.82, 2.24) is 4.90 Å². The Kier molecular flexibility index (Phi) is 3.20. The highest BCUT2D eigenvalue weighted by atomic mass is 16.5. The fourth-order valence-electron chi connectivity index (χ4n) is 1.49. The summed E-state index contributed by atoms with van der Waals surface area (Å²) in [5.74, 6) is 0. The maximum Gasteiger partial charge on any atom is 0.149 e. The van der Waals surface area contributed by atoms with Crippen molar-refractivity contribution >= 4 is 0 Å². The van der Waals surface area contributed by atoms with E-state index in [-0.39, 0.29) is 6.23 Å². The molecule has 78 valence electrons. The predicted molar refractivity (Wildman–Crippen MR) is 61.1 cm³/mol. The quantitative estimate of drug-likeness (QED) is 0.745. The highest BCUT2D eigenvalue weighted by Crippen LogP contribution is 2.10. The summed E-state index contributed by atoms with van der Waals surface area (Å²) >= 11 is 0. The lowest BCUT2D eigenvalue weighted by Gasteiger charge is -2.26. The Hall–Kier alpha value is -1.54. The first-order valence-electron chi connectivity index (χ1n) is 5.09. The zero-order valence-electron chi connectivity index (χ0n) is 8.84. The molecule has 2 rings (SSSR count). The number of hydrogen-bond donors (Lipinski definition) is 0. The van der Waals surface area contributed by atoms with Crippen LogP contribution in [0.5, 0.6) is 0 Å². The van der Waals surface area contributed by atoms with E-state index >= 15 is 0 Å². The fraction of sp³-hybridized carbons (Fsp3) is 0.231. The molecule has 0 saturated carbocycles. The van der Waals surface area contributed by atoms with Crippen molar-refractivity contribution in [3.05, 3.63) is 60.3 Å². The van der Waals surface area contributed by atoms with Crippen molar-refractivity contribution in [2.45, 2.75) is 12.8 Å². The van der Waals surface area contributed by atoms with Gasteiger partial charge in [0.05, 0.1) is 6.61 Å². The van der Waals surface area contributed by atoms with Crippen LogP contribution in [0.2, 0.25) is 0 Å². The summed E-state index contributed by atoms with van der Waals surface area (Å²) < 4.78 is 5.77. The Balaban J connectivity index is 1.89. The van der Waals surface area contributed by atoms with E-state index in [9.17, 15) is 0 Å². The first-order valence-corrected chi connectivity index (χ1v) is 5.09. The van der Waals surface area contributed by atoms with Crippen LogP contribution < -0.4 is 0 Å². The molecule has 0 fully saturated rings. The van der Waals surface area contributed by atoms with Crippen LogP contribution in [0, 0.1) is 0 Å². The average molecular weight is 201 g/mol. The topological polar surface area (TPSA) is 12.5 Å². The van der Waals surface area contributed by atoms with E-state index in [1.807, 2.05) is 54.6 Å². The van der Waals surface area contributed by atoms with Crippen LogP contribution in [-0.4, -0.2) is 18.2 Å². The van der Waals surface area contributed by atoms with E-state index in [2.05, 4.69) is 12.1 Å². The van der Waals surface area contributed by atoms with Gasteiger partial charge >= 0.3 is 0 Å². The summed E-state index contributed by atoms with van der Waals surface area (Å²) in [6.07, 6.45) is 8.12. The smallest absolute Gasteiger partial charge is 0.149 e. The summed E-state index contributed by atoms with van der Waals surface area (Å²) in [6, 6.07) is 10.2. The number of rotatable bonds is 3. The first kappa shape index (κ1) is 9.99. The molecule has 1 heterocycles. The van der Waals surface area contributed by atoms with Gasteiger partial charge in [-0.15, -0.1) is 0 Å². The molecule has 0 saturated heterocycles. The molecule has 0 N–H and O–H groups in total. The number of nitrogens with zero attached hydrogens (tertiary/aromatic N) is 1. The lowest BCUT2D eigenvalue weighted by Crippen LogP contribution is -2.29. The summed E-state index contributed by atoms with van der Waals surface area (Å²) in [5, 5.41) is 0. The lowest BCUT2D eigenvalue weighted by atomic mass is 10.2. The van der Waals surface area contributed by atoms with Gasteiger partial charge in [-0.1, -0.05) is 36.4 Å². The molecule has 1 atom stereocenters. The SMILES string of the molecule is CN1C=CC=CC1OCc1ccccc1. The van der Waals surface area contributed by atoms with Crippen LogP contribution in [0.3, 0.4) is 0 Å². The largest absolute Gasteiger partial charge is 0.352 e. The van der Waals surface area contributed by atoms with Crippen LogP contribution >= 0.6 is 0 Å². The highest BCUT2D eigenvalue weighted by molar-refractivity contribution is 5.14. The molecule has 0 amide bonds. The molecular formula is C13H15NO. The number of allylic oxidation sites excluding steroid dienone is 2. The van der Waals surface area contributed by atoms with E-state index in [1.165, 1.54) is 5.56 Å². The summed E-state index contributed by atoms with van der Waals surface area (Å²) in [6.45, 7) is 0.647. The van der Waals surface area contributed by atoms with Gasteiger partial charge in [0.15, 0.2) is 0 Å². The standard InChI is InChI=1S/C13H15NO/c1-14-10-6-5-9-13(14)15-11-12-7-3-2-4-8-12/h2-10,13H,11H2,1H3. The minimum Gasteiger partial charge on any atom is -0.352 e. The molecule has 1 aromatic rings. The van der Waals surface area contributed by atoms with Gasteiger partial charge in [-0.25, -0.2) is 0 Å². The van der Waals surface area contributed by atoms with E-state index in [0.29, 0.717) is 6.61 Å². The fourth-order valence-corrected chi connectivity index (χ4v) is 1.49. The minimum absolute atomic E-state index is 0.0511. The number of benzene rings is 1. The second kappa shape index (κ2) is 4.80. The molecule has 2 nitrogen and oxygen atoms in total. The van der Waals surface area contributed by atoms with E-state index in [1.54, 1.807) is 0 Å². The highest BCUT2D eigenvalue weighted by Gasteiger charge is 2.10. The molecule has 0 bridgehead atoms. The monoisotopic (exact) mass is 201 g/mol. The van der Waals surface area contributed by atoms with Crippen molar-refractivity contribution in [2.75, 3.05) is 7.05 Å². The Morgan fingerprint density at radius 3 is 2.73 bits per heavy atom. The molecule has 0 radical (unpaired) electrons. The Labute approximate surface area is 90.5 Å². The van der Waals surface area contributed by atoms with Crippen LogP contribution in [0.1, 0.15) is 5.56 Å². The number of likely N-dealkylation sites (N-methyl/N-ethyl adjacent to an activating group) is 1. The normalized spacial score (nSPS) is 19.5. The second-order valence-electron chi connectivity index (χ2n) is 3.58. The van der Waals surface area contributed by atoms with Gasteiger partial charge in [0, 0.05) is 13.2 Å². The van der Waals surface area contributed by atoms with Gasteiger partial charge < -0.3 is 9.64 Å². The van der Waals surface area contributed by atoms with Gasteiger partial charge in [0.2, 0.25) is 0 Å². The molecule has 0 aromatic heterocycles. The first-order chi connectivity index (χ1) is 7.36. The molecule has 15 heavy (non-hydrogen) atoms. The van der Waals surface area contributed by atoms with Crippen molar-refractivity contribution in [3.8, 4) is 0 Å². The van der Waals surface area contributed by atoms with Gasteiger partial charge in [-0.3, -0.25) is 0 Å². The van der Waals surface area contributed by atoms with Crippen molar-refractivity contribution in [1.29, 1.82) is 0 Å². The average Bonchev–Trinajstić information content (AvgIpc) is 2.29. The van der Waals surface area contributed by atoms with Gasteiger partial charge in [0.1, 0.15) is 6.23 Å². The van der Waals surface area contributed by atoms with E-state index in [4.69, 9.17) is 4.74 Å². The van der Waals surface area contributed by atoms with Gasteiger partial charge in [-0.05, 0) is 17.7 Å². The van der Waals surface area contributed by atoms with Gasteiger partial charge in [0.25, 0.3) is 0 Å². The Bertz CT molecular complexity index is 356. The predicted octanol–water partition coefficient (Wildman–Crippen LogP) is 2.54. The summed E-state index contributed by atoms with van der Waals surface area (Å²) in [7, 11) is 2.01. The van der Waals surface area contributed by atoms with Crippen molar-refractivity contribution in [2.24, 2.45) is 0 Å². The maximum atomic E-state index is 5.77. The lowest BCUT2D eigenvalue weighted by molar-refractivity contribution is -0.00458. The zero-order chi connectivity index (χ0) is 10.5. The molecule has 0 spiro atoms. The summed E-state index contributed by atoms with van der Waals surface area (Å²) in [5.41, 5.74) is 1.20. The van der Waals surface area contributed by atoms with Crippen LogP contribution in [0.15, 0.2) is 54.8 Å². The molecule has 1 aliphatic heterocycles. The maximum absolute atomic E-state index is 5.77. The third-order valence-electron chi connectivity index (χ3n) is 2.37. The van der Waals surface area contributed by atoms with E-state index < -0.39 is 0 Å². The molecule has 1 aliphatic rings. The molecule has 0 aliphatic carbocycles. The van der Waals surface area contributed by atoms with Gasteiger partial charge in [-0.2, -0.15) is 0 Å². The number of hydrogen-bond acceptors (Lipinski definition) is 2. The second-order valence-corrected chi connectivity index (χ2v) is 3.58. The Morgan fingerprint density at radius 2 is 2.00 bits per heavy atom. The zero-order valence-corrected chi connectivity index (χ0v) is 8.84. The third-order valence-corrected chi connectivity index (χ3v) is 2.37. The number of ether oxygens (including phenoxy) is 1. The molecule has 2 heteroatoms. The molecule has 1 unspecified atom stereocenters. The molecule has 1 aromatic carbocycles. The van der Waals surface area contributed by atoms with Crippen LogP contribution in [-0.2, 0) is 11.3 Å². The Morgan fingerprint density at radius 1 is 1.20 bits per heavy atom. The minimum atomic E-state index is 0.0511. The third kappa shape index (κ3) is 2.70. The van der Waals surface area contributed by atoms with Crippen LogP contribution in [0.4, 0.5) is 0 Å². The van der Waals surface area contributed by atoms with Crippen LogP contribution in [0.25, 0.3) is 0 Å². The summed E-state index contributed by atoms with van der Waals surface area (Å²) in [4.78, 5) is 2.04. The molecular weight excluding hydrogens is 186 g/mol. The van der Waals surface area contributed by atoms with Crippen molar-refractivity contribution < 1.29 is 4.74 Å².